The number of Topliss-reactive ketones (excluding diaryl/α,β-unsaturated/α-hetero) is 1. The maximum Gasteiger partial charge on any atom is 0.295 e. The fraction of sp³-hybridized carbons (Fsp3) is 0.241. The minimum atomic E-state index is -0.802. The molecule has 8 heteroatoms. The van der Waals surface area contributed by atoms with E-state index in [0.717, 1.165) is 11.1 Å². The van der Waals surface area contributed by atoms with Crippen molar-refractivity contribution < 1.29 is 19.4 Å². The molecule has 0 aliphatic carbocycles. The highest BCUT2D eigenvalue weighted by Gasteiger charge is 2.46. The van der Waals surface area contributed by atoms with Crippen LogP contribution in [0.3, 0.4) is 0 Å². The standard InChI is InChI=1S/C29H28Cl2N2O4/c1-18-15-21(10-12-24(18)37-17-19-7-5-4-6-8-19)27(34)25-26(20-9-11-22(30)23(31)16-20)33(14-13-32(2)3)29(36)28(25)35/h4-12,15-16,26,34H,13-14,17H2,1-3H3/t26-/m1/s1. The summed E-state index contributed by atoms with van der Waals surface area (Å²) in [6.07, 6.45) is 0. The molecule has 1 amide bonds. The van der Waals surface area contributed by atoms with Crippen LogP contribution >= 0.6 is 23.2 Å². The molecule has 0 bridgehead atoms. The number of likely N-dealkylation sites (N-methyl/N-ethyl adjacent to an activating group) is 1. The van der Waals surface area contributed by atoms with Gasteiger partial charge in [0.05, 0.1) is 21.7 Å². The van der Waals surface area contributed by atoms with Crippen LogP contribution in [0.2, 0.25) is 10.0 Å². The molecule has 192 valence electrons. The summed E-state index contributed by atoms with van der Waals surface area (Å²) in [4.78, 5) is 29.7. The summed E-state index contributed by atoms with van der Waals surface area (Å²) < 4.78 is 5.95. The summed E-state index contributed by atoms with van der Waals surface area (Å²) in [5, 5.41) is 12.0. The van der Waals surface area contributed by atoms with E-state index in [9.17, 15) is 14.7 Å². The van der Waals surface area contributed by atoms with Crippen LogP contribution in [0.25, 0.3) is 5.76 Å². The van der Waals surface area contributed by atoms with E-state index >= 15 is 0 Å². The number of aliphatic hydroxyl groups excluding tert-OH is 1. The number of hydrogen-bond donors (Lipinski definition) is 1. The van der Waals surface area contributed by atoms with Gasteiger partial charge in [0.15, 0.2) is 0 Å². The molecule has 0 aromatic heterocycles. The van der Waals surface area contributed by atoms with Gasteiger partial charge in [-0.3, -0.25) is 9.59 Å². The zero-order valence-corrected chi connectivity index (χ0v) is 22.4. The molecule has 1 fully saturated rings. The van der Waals surface area contributed by atoms with Crippen molar-refractivity contribution in [1.82, 2.24) is 9.80 Å². The number of halogens is 2. The smallest absolute Gasteiger partial charge is 0.295 e. The maximum absolute atomic E-state index is 13.2. The van der Waals surface area contributed by atoms with Gasteiger partial charge in [-0.05, 0) is 68.0 Å². The second-order valence-electron chi connectivity index (χ2n) is 9.22. The number of carbonyl (C=O) groups is 2. The Morgan fingerprint density at radius 3 is 2.38 bits per heavy atom. The Labute approximate surface area is 226 Å². The van der Waals surface area contributed by atoms with Crippen LogP contribution in [0.4, 0.5) is 0 Å². The van der Waals surface area contributed by atoms with Crippen molar-refractivity contribution in [2.75, 3.05) is 27.2 Å². The Bertz CT molecular complexity index is 1360. The van der Waals surface area contributed by atoms with Gasteiger partial charge in [-0.2, -0.15) is 0 Å². The third-order valence-electron chi connectivity index (χ3n) is 6.27. The molecule has 1 atom stereocenters. The summed E-state index contributed by atoms with van der Waals surface area (Å²) >= 11 is 12.4. The molecule has 0 unspecified atom stereocenters. The summed E-state index contributed by atoms with van der Waals surface area (Å²) in [6, 6.07) is 19.1. The second-order valence-corrected chi connectivity index (χ2v) is 10.0. The molecule has 37 heavy (non-hydrogen) atoms. The molecule has 1 heterocycles. The van der Waals surface area contributed by atoms with Gasteiger partial charge < -0.3 is 19.6 Å². The number of benzene rings is 3. The number of nitrogens with zero attached hydrogens (tertiary/aromatic N) is 2. The lowest BCUT2D eigenvalue weighted by Gasteiger charge is -2.26. The second kappa shape index (κ2) is 11.4. The number of amides is 1. The number of hydrogen-bond acceptors (Lipinski definition) is 5. The fourth-order valence-corrected chi connectivity index (χ4v) is 4.60. The third-order valence-corrected chi connectivity index (χ3v) is 7.01. The van der Waals surface area contributed by atoms with Crippen LogP contribution in [0, 0.1) is 6.92 Å². The van der Waals surface area contributed by atoms with Crippen molar-refractivity contribution in [3.05, 3.63) is 105 Å². The van der Waals surface area contributed by atoms with Crippen LogP contribution in [-0.4, -0.2) is 53.8 Å². The van der Waals surface area contributed by atoms with E-state index < -0.39 is 17.7 Å². The molecule has 4 rings (SSSR count). The number of ketones is 1. The Morgan fingerprint density at radius 2 is 1.73 bits per heavy atom. The summed E-state index contributed by atoms with van der Waals surface area (Å²) in [5.74, 6) is -0.999. The van der Waals surface area contributed by atoms with E-state index in [1.807, 2.05) is 56.3 Å². The number of aryl methyl sites for hydroxylation is 1. The van der Waals surface area contributed by atoms with Gasteiger partial charge in [-0.25, -0.2) is 0 Å². The first-order chi connectivity index (χ1) is 17.7. The van der Waals surface area contributed by atoms with E-state index in [-0.39, 0.29) is 11.3 Å². The highest BCUT2D eigenvalue weighted by molar-refractivity contribution is 6.46. The van der Waals surface area contributed by atoms with Crippen molar-refractivity contribution in [2.45, 2.75) is 19.6 Å². The molecule has 0 radical (unpaired) electrons. The average Bonchev–Trinajstić information content (AvgIpc) is 3.13. The Morgan fingerprint density at radius 1 is 1.00 bits per heavy atom. The zero-order chi connectivity index (χ0) is 26.7. The lowest BCUT2D eigenvalue weighted by Crippen LogP contribution is -2.35. The molecular weight excluding hydrogens is 511 g/mol. The quantitative estimate of drug-likeness (QED) is 0.221. The SMILES string of the molecule is Cc1cc(C(O)=C2C(=O)C(=O)N(CCN(C)C)[C@@H]2c2ccc(Cl)c(Cl)c2)ccc1OCc1ccccc1. The lowest BCUT2D eigenvalue weighted by molar-refractivity contribution is -0.140. The Kier molecular flexibility index (Phi) is 8.22. The molecule has 0 spiro atoms. The van der Waals surface area contributed by atoms with E-state index in [1.165, 1.54) is 4.90 Å². The van der Waals surface area contributed by atoms with E-state index in [0.29, 0.717) is 46.6 Å². The molecule has 1 aliphatic rings. The first kappa shape index (κ1) is 26.7. The molecule has 6 nitrogen and oxygen atoms in total. The minimum absolute atomic E-state index is 0.0134. The predicted octanol–water partition coefficient (Wildman–Crippen LogP) is 5.86. The van der Waals surface area contributed by atoms with Gasteiger partial charge in [0, 0.05) is 18.7 Å². The van der Waals surface area contributed by atoms with E-state index in [2.05, 4.69) is 0 Å². The highest BCUT2D eigenvalue weighted by Crippen LogP contribution is 2.41. The molecule has 3 aromatic rings. The van der Waals surface area contributed by atoms with Gasteiger partial charge in [-0.1, -0.05) is 59.6 Å². The van der Waals surface area contributed by atoms with E-state index in [4.69, 9.17) is 27.9 Å². The molecular formula is C29H28Cl2N2O4. The van der Waals surface area contributed by atoms with Gasteiger partial charge in [0.1, 0.15) is 18.1 Å². The lowest BCUT2D eigenvalue weighted by atomic mass is 9.94. The summed E-state index contributed by atoms with van der Waals surface area (Å²) in [7, 11) is 3.77. The number of aliphatic hydroxyl groups is 1. The molecule has 3 aromatic carbocycles. The summed E-state index contributed by atoms with van der Waals surface area (Å²) in [5.41, 5.74) is 2.84. The van der Waals surface area contributed by atoms with Crippen molar-refractivity contribution >= 4 is 40.7 Å². The van der Waals surface area contributed by atoms with Gasteiger partial charge in [-0.15, -0.1) is 0 Å². The van der Waals surface area contributed by atoms with E-state index in [1.54, 1.807) is 36.4 Å². The van der Waals surface area contributed by atoms with Crippen molar-refractivity contribution in [1.29, 1.82) is 0 Å². The van der Waals surface area contributed by atoms with Crippen LogP contribution in [-0.2, 0) is 16.2 Å². The predicted molar refractivity (Wildman–Crippen MR) is 146 cm³/mol. The number of rotatable bonds is 8. The zero-order valence-electron chi connectivity index (χ0n) is 20.9. The normalized spacial score (nSPS) is 17.0. The largest absolute Gasteiger partial charge is 0.507 e. The highest BCUT2D eigenvalue weighted by atomic mass is 35.5. The maximum atomic E-state index is 13.2. The van der Waals surface area contributed by atoms with Crippen molar-refractivity contribution in [3.8, 4) is 5.75 Å². The van der Waals surface area contributed by atoms with Crippen LogP contribution in [0.1, 0.15) is 28.3 Å². The Balaban J connectivity index is 1.72. The monoisotopic (exact) mass is 538 g/mol. The molecule has 1 saturated heterocycles. The van der Waals surface area contributed by atoms with Crippen LogP contribution < -0.4 is 4.74 Å². The third kappa shape index (κ3) is 5.82. The van der Waals surface area contributed by atoms with Gasteiger partial charge in [0.25, 0.3) is 11.7 Å². The Hall–Kier alpha value is -3.32. The van der Waals surface area contributed by atoms with Crippen molar-refractivity contribution in [2.24, 2.45) is 0 Å². The number of carbonyl (C=O) groups excluding carboxylic acids is 2. The van der Waals surface area contributed by atoms with Crippen LogP contribution in [0.15, 0.2) is 72.3 Å². The number of ether oxygens (including phenoxy) is 1. The molecule has 1 aliphatic heterocycles. The van der Waals surface area contributed by atoms with Gasteiger partial charge >= 0.3 is 0 Å². The first-order valence-corrected chi connectivity index (χ1v) is 12.6. The average molecular weight is 539 g/mol. The molecule has 1 N–H and O–H groups in total. The fourth-order valence-electron chi connectivity index (χ4n) is 4.30. The van der Waals surface area contributed by atoms with Crippen molar-refractivity contribution in [3.63, 3.8) is 0 Å². The summed E-state index contributed by atoms with van der Waals surface area (Å²) in [6.45, 7) is 3.10. The van der Waals surface area contributed by atoms with Crippen LogP contribution in [0.5, 0.6) is 5.75 Å². The van der Waals surface area contributed by atoms with Gasteiger partial charge in [0.2, 0.25) is 0 Å². The minimum Gasteiger partial charge on any atom is -0.507 e. The number of likely N-dealkylation sites (tertiary alicyclic amines) is 1. The molecule has 0 saturated carbocycles. The first-order valence-electron chi connectivity index (χ1n) is 11.8. The topological polar surface area (TPSA) is 70.1 Å².